The fourth-order valence-electron chi connectivity index (χ4n) is 0.435. The molecule has 1 heterocycles. The van der Waals surface area contributed by atoms with Crippen molar-refractivity contribution in [2.24, 2.45) is 0 Å². The third kappa shape index (κ3) is 1.27. The Bertz CT molecular complexity index is 126. The normalized spacial score (nSPS) is 47.7. The van der Waals surface area contributed by atoms with Crippen LogP contribution in [0.25, 0.3) is 0 Å². The molecule has 0 amide bonds. The zero-order valence-corrected chi connectivity index (χ0v) is 3.89. The van der Waals surface area contributed by atoms with Crippen LogP contribution >= 0.6 is 0 Å². The topological polar surface area (TPSA) is 26.3 Å². The van der Waals surface area contributed by atoms with Gasteiger partial charge in [0.15, 0.2) is 0 Å². The second-order valence-corrected chi connectivity index (χ2v) is 1.39. The van der Waals surface area contributed by atoms with Gasteiger partial charge in [-0.1, -0.05) is 0 Å². The van der Waals surface area contributed by atoms with E-state index in [1.54, 1.807) is 0 Å². The van der Waals surface area contributed by atoms with Crippen LogP contribution in [0.4, 0.5) is 0 Å². The SMILES string of the molecule is [2H]C1OCCC(=O)C1[2H]. The Kier molecular flexibility index (Phi) is 0.836. The molecule has 1 rings (SSSR count). The lowest BCUT2D eigenvalue weighted by Gasteiger charge is -2.07. The predicted octanol–water partition coefficient (Wildman–Crippen LogP) is 0.366. The summed E-state index contributed by atoms with van der Waals surface area (Å²) in [4.78, 5) is 10.6. The molecule has 2 atom stereocenters. The second kappa shape index (κ2) is 2.07. The lowest BCUT2D eigenvalue weighted by molar-refractivity contribution is -0.124. The van der Waals surface area contributed by atoms with Crippen LogP contribution < -0.4 is 0 Å². The summed E-state index contributed by atoms with van der Waals surface area (Å²) in [6.45, 7) is -0.645. The highest BCUT2D eigenvalue weighted by molar-refractivity contribution is 5.78. The van der Waals surface area contributed by atoms with Crippen LogP contribution in [0.1, 0.15) is 15.6 Å². The molecule has 2 nitrogen and oxygen atoms in total. The number of hydrogen-bond acceptors (Lipinski definition) is 2. The van der Waals surface area contributed by atoms with Gasteiger partial charge in [0.05, 0.1) is 14.6 Å². The van der Waals surface area contributed by atoms with E-state index in [0.717, 1.165) is 0 Å². The summed E-state index contributed by atoms with van der Waals surface area (Å²) in [5.41, 5.74) is 0. The van der Waals surface area contributed by atoms with Crippen LogP contribution in [0.3, 0.4) is 0 Å². The first-order valence-corrected chi connectivity index (χ1v) is 2.20. The summed E-state index contributed by atoms with van der Waals surface area (Å²) in [6.07, 6.45) is -0.678. The molecule has 0 aromatic carbocycles. The van der Waals surface area contributed by atoms with Crippen molar-refractivity contribution in [2.45, 2.75) is 12.8 Å². The largest absolute Gasteiger partial charge is 0.381 e. The van der Waals surface area contributed by atoms with Crippen LogP contribution in [0.15, 0.2) is 0 Å². The molecule has 0 aromatic rings. The minimum absolute atomic E-state index is 0.179. The van der Waals surface area contributed by atoms with Gasteiger partial charge in [-0.15, -0.1) is 0 Å². The van der Waals surface area contributed by atoms with E-state index in [0.29, 0.717) is 13.0 Å². The lowest BCUT2D eigenvalue weighted by atomic mass is 10.2. The average molecular weight is 102 g/mol. The number of rotatable bonds is 0. The number of carbonyl (C=O) groups excluding carboxylic acids is 1. The second-order valence-electron chi connectivity index (χ2n) is 1.39. The Hall–Kier alpha value is -0.370. The Morgan fingerprint density at radius 2 is 2.71 bits per heavy atom. The van der Waals surface area contributed by atoms with Crippen LogP contribution in [-0.2, 0) is 9.53 Å². The zero-order valence-electron chi connectivity index (χ0n) is 5.89. The van der Waals surface area contributed by atoms with Crippen molar-refractivity contribution in [1.82, 2.24) is 0 Å². The van der Waals surface area contributed by atoms with Gasteiger partial charge < -0.3 is 4.74 Å². The van der Waals surface area contributed by atoms with E-state index in [9.17, 15) is 4.79 Å². The third-order valence-corrected chi connectivity index (χ3v) is 0.816. The fourth-order valence-corrected chi connectivity index (χ4v) is 0.435. The van der Waals surface area contributed by atoms with Crippen LogP contribution in [-0.4, -0.2) is 19.0 Å². The first kappa shape index (κ1) is 2.82. The fraction of sp³-hybridized carbons (Fsp3) is 0.800. The third-order valence-electron chi connectivity index (χ3n) is 0.816. The maximum Gasteiger partial charge on any atom is 0.137 e. The van der Waals surface area contributed by atoms with Gasteiger partial charge in [-0.3, -0.25) is 4.79 Å². The molecule has 7 heavy (non-hydrogen) atoms. The Balaban J connectivity index is 2.51. The maximum absolute atomic E-state index is 10.6. The first-order valence-electron chi connectivity index (χ1n) is 3.36. The molecule has 0 spiro atoms. The van der Waals surface area contributed by atoms with E-state index in [-0.39, 0.29) is 5.78 Å². The maximum atomic E-state index is 10.6. The van der Waals surface area contributed by atoms with Gasteiger partial charge in [-0.05, 0) is 0 Å². The molecule has 0 bridgehead atoms. The van der Waals surface area contributed by atoms with E-state index >= 15 is 0 Å². The molecule has 0 radical (unpaired) electrons. The van der Waals surface area contributed by atoms with Gasteiger partial charge in [0, 0.05) is 14.2 Å². The summed E-state index contributed by atoms with van der Waals surface area (Å²) >= 11 is 0. The molecule has 1 saturated heterocycles. The highest BCUT2D eigenvalue weighted by Gasteiger charge is 2.06. The number of hydrogen-bond donors (Lipinski definition) is 0. The number of ketones is 1. The molecule has 1 fully saturated rings. The molecular formula is C5H8O2. The van der Waals surface area contributed by atoms with Gasteiger partial charge in [0.2, 0.25) is 0 Å². The molecule has 40 valence electrons. The van der Waals surface area contributed by atoms with Crippen LogP contribution in [0, 0.1) is 0 Å². The van der Waals surface area contributed by atoms with Gasteiger partial charge in [-0.2, -0.15) is 0 Å². The minimum atomic E-state index is -0.973. The first-order chi connectivity index (χ1) is 4.22. The Morgan fingerprint density at radius 3 is 3.29 bits per heavy atom. The van der Waals surface area contributed by atoms with Gasteiger partial charge >= 0.3 is 0 Å². The zero-order chi connectivity index (χ0) is 6.85. The summed E-state index contributed by atoms with van der Waals surface area (Å²) in [5.74, 6) is -0.179. The van der Waals surface area contributed by atoms with E-state index in [2.05, 4.69) is 0 Å². The summed E-state index contributed by atoms with van der Waals surface area (Å²) in [6, 6.07) is 0. The monoisotopic (exact) mass is 102 g/mol. The summed E-state index contributed by atoms with van der Waals surface area (Å²) in [5, 5.41) is 0. The number of Topliss-reactive ketones (excluding diaryl/α,β-unsaturated/α-hetero) is 1. The lowest BCUT2D eigenvalue weighted by Crippen LogP contribution is -2.14. The van der Waals surface area contributed by atoms with Crippen molar-refractivity contribution in [1.29, 1.82) is 0 Å². The highest BCUT2D eigenvalue weighted by atomic mass is 16.5. The molecule has 1 aliphatic rings. The molecule has 0 aliphatic carbocycles. The van der Waals surface area contributed by atoms with Gasteiger partial charge in [0.1, 0.15) is 5.78 Å². The van der Waals surface area contributed by atoms with Crippen LogP contribution in [0.2, 0.25) is 0 Å². The van der Waals surface area contributed by atoms with E-state index in [4.69, 9.17) is 7.48 Å². The van der Waals surface area contributed by atoms with Gasteiger partial charge in [0.25, 0.3) is 0 Å². The van der Waals surface area contributed by atoms with Crippen molar-refractivity contribution in [3.63, 3.8) is 0 Å². The van der Waals surface area contributed by atoms with E-state index in [1.807, 2.05) is 0 Å². The standard InChI is InChI=1S/C5H8O2/c6-5-1-3-7-4-2-5/h1-4H2/i1D,3D. The molecule has 1 aliphatic heterocycles. The predicted molar refractivity (Wildman–Crippen MR) is 25.1 cm³/mol. The number of carbonyl (C=O) groups is 1. The van der Waals surface area contributed by atoms with E-state index < -0.39 is 13.0 Å². The highest BCUT2D eigenvalue weighted by Crippen LogP contribution is 1.98. The smallest absolute Gasteiger partial charge is 0.137 e. The molecule has 0 saturated carbocycles. The van der Waals surface area contributed by atoms with E-state index in [1.165, 1.54) is 0 Å². The Morgan fingerprint density at radius 1 is 1.86 bits per heavy atom. The molecular weight excluding hydrogens is 92.1 g/mol. The molecule has 2 unspecified atom stereocenters. The van der Waals surface area contributed by atoms with Crippen LogP contribution in [0.5, 0.6) is 0 Å². The average Bonchev–Trinajstić information content (AvgIpc) is 1.83. The molecule has 0 aromatic heterocycles. The van der Waals surface area contributed by atoms with Gasteiger partial charge in [-0.25, -0.2) is 0 Å². The Labute approximate surface area is 45.3 Å². The molecule has 2 heteroatoms. The van der Waals surface area contributed by atoms with Crippen molar-refractivity contribution in [3.8, 4) is 0 Å². The van der Waals surface area contributed by atoms with Crippen molar-refractivity contribution >= 4 is 5.78 Å². The van der Waals surface area contributed by atoms with Crippen molar-refractivity contribution in [3.05, 3.63) is 0 Å². The summed E-state index contributed by atoms with van der Waals surface area (Å²) < 4.78 is 18.7. The van der Waals surface area contributed by atoms with Crippen molar-refractivity contribution < 1.29 is 12.3 Å². The molecule has 0 N–H and O–H groups in total. The quantitative estimate of drug-likeness (QED) is 0.441. The summed E-state index contributed by atoms with van der Waals surface area (Å²) in [7, 11) is 0. The minimum Gasteiger partial charge on any atom is -0.381 e. The number of ether oxygens (including phenoxy) is 1. The van der Waals surface area contributed by atoms with Crippen molar-refractivity contribution in [2.75, 3.05) is 13.2 Å².